The summed E-state index contributed by atoms with van der Waals surface area (Å²) >= 11 is 6.08. The molecule has 0 fully saturated rings. The summed E-state index contributed by atoms with van der Waals surface area (Å²) < 4.78 is 10.6. The van der Waals surface area contributed by atoms with Gasteiger partial charge in [-0.15, -0.1) is 0 Å². The maximum atomic E-state index is 11.1. The Morgan fingerprint density at radius 3 is 2.78 bits per heavy atom. The van der Waals surface area contributed by atoms with Crippen LogP contribution in [0.5, 0.6) is 11.5 Å². The number of halogens is 1. The molecule has 0 atom stereocenters. The second-order valence-electron chi connectivity index (χ2n) is 3.41. The van der Waals surface area contributed by atoms with Crippen LogP contribution in [0.25, 0.3) is 6.08 Å². The normalized spacial score (nSPS) is 10.4. The van der Waals surface area contributed by atoms with E-state index in [1.54, 1.807) is 25.3 Å². The van der Waals surface area contributed by atoms with Crippen molar-refractivity contribution in [2.45, 2.75) is 6.92 Å². The van der Waals surface area contributed by atoms with Gasteiger partial charge in [0, 0.05) is 13.1 Å². The molecule has 5 heteroatoms. The van der Waals surface area contributed by atoms with Gasteiger partial charge in [-0.2, -0.15) is 0 Å². The summed E-state index contributed by atoms with van der Waals surface area (Å²) in [6, 6.07) is 3.48. The van der Waals surface area contributed by atoms with Crippen LogP contribution in [0, 0.1) is 0 Å². The lowest BCUT2D eigenvalue weighted by atomic mass is 10.2. The van der Waals surface area contributed by atoms with Gasteiger partial charge >= 0.3 is 0 Å². The zero-order valence-corrected chi connectivity index (χ0v) is 11.4. The molecule has 98 valence electrons. The van der Waals surface area contributed by atoms with Crippen LogP contribution in [-0.2, 0) is 4.79 Å². The Morgan fingerprint density at radius 2 is 2.22 bits per heavy atom. The third-order valence-corrected chi connectivity index (χ3v) is 2.49. The van der Waals surface area contributed by atoms with Gasteiger partial charge in [-0.1, -0.05) is 11.6 Å². The maximum Gasteiger partial charge on any atom is 0.243 e. The Bertz CT molecular complexity index is 458. The first-order chi connectivity index (χ1) is 8.62. The Kier molecular flexibility index (Phi) is 5.52. The van der Waals surface area contributed by atoms with Crippen LogP contribution < -0.4 is 14.8 Å². The quantitative estimate of drug-likeness (QED) is 0.836. The summed E-state index contributed by atoms with van der Waals surface area (Å²) in [5.74, 6) is 0.875. The average Bonchev–Trinajstić information content (AvgIpc) is 2.36. The molecular weight excluding hydrogens is 254 g/mol. The van der Waals surface area contributed by atoms with Crippen LogP contribution in [0.1, 0.15) is 12.5 Å². The number of hydrogen-bond donors (Lipinski definition) is 1. The van der Waals surface area contributed by atoms with Gasteiger partial charge in [0.15, 0.2) is 11.5 Å². The number of benzene rings is 1. The van der Waals surface area contributed by atoms with Crippen LogP contribution >= 0.6 is 11.6 Å². The van der Waals surface area contributed by atoms with Gasteiger partial charge in [0.05, 0.1) is 18.7 Å². The van der Waals surface area contributed by atoms with Crippen molar-refractivity contribution in [1.82, 2.24) is 5.32 Å². The first-order valence-electron chi connectivity index (χ1n) is 5.52. The number of amides is 1. The molecule has 1 aromatic carbocycles. The monoisotopic (exact) mass is 269 g/mol. The van der Waals surface area contributed by atoms with Crippen molar-refractivity contribution in [2.24, 2.45) is 0 Å². The molecule has 1 rings (SSSR count). The SMILES string of the molecule is CCOc1cc(/C=C/C(=O)NC)cc(Cl)c1OC. The molecule has 0 heterocycles. The molecule has 0 saturated carbocycles. The van der Waals surface area contributed by atoms with Gasteiger partial charge in [-0.05, 0) is 30.7 Å². The molecule has 1 N–H and O–H groups in total. The third kappa shape index (κ3) is 3.67. The molecule has 0 saturated heterocycles. The lowest BCUT2D eigenvalue weighted by molar-refractivity contribution is -0.115. The van der Waals surface area contributed by atoms with Gasteiger partial charge in [-0.3, -0.25) is 4.79 Å². The van der Waals surface area contributed by atoms with Crippen LogP contribution in [-0.4, -0.2) is 26.7 Å². The Hall–Kier alpha value is -1.68. The van der Waals surface area contributed by atoms with Crippen molar-refractivity contribution in [2.75, 3.05) is 20.8 Å². The fourth-order valence-electron chi connectivity index (χ4n) is 1.40. The standard InChI is InChI=1S/C13H16ClNO3/c1-4-18-11-8-9(5-6-12(16)15-2)7-10(14)13(11)17-3/h5-8H,4H2,1-3H3,(H,15,16)/b6-5+. The number of carbonyl (C=O) groups is 1. The summed E-state index contributed by atoms with van der Waals surface area (Å²) in [5.41, 5.74) is 0.771. The van der Waals surface area contributed by atoms with E-state index < -0.39 is 0 Å². The molecule has 18 heavy (non-hydrogen) atoms. The van der Waals surface area contributed by atoms with E-state index in [0.717, 1.165) is 5.56 Å². The second-order valence-corrected chi connectivity index (χ2v) is 3.82. The Balaban J connectivity index is 3.08. The highest BCUT2D eigenvalue weighted by atomic mass is 35.5. The largest absolute Gasteiger partial charge is 0.491 e. The molecule has 0 aliphatic rings. The predicted octanol–water partition coefficient (Wildman–Crippen LogP) is 2.51. The smallest absolute Gasteiger partial charge is 0.243 e. The zero-order chi connectivity index (χ0) is 13.5. The Labute approximate surface area is 112 Å². The number of rotatable bonds is 5. The van der Waals surface area contributed by atoms with E-state index in [1.807, 2.05) is 6.92 Å². The average molecular weight is 270 g/mol. The summed E-state index contributed by atoms with van der Waals surface area (Å²) in [6.45, 7) is 2.38. The molecule has 0 spiro atoms. The molecule has 4 nitrogen and oxygen atoms in total. The molecule has 0 aromatic heterocycles. The van der Waals surface area contributed by atoms with Crippen molar-refractivity contribution < 1.29 is 14.3 Å². The van der Waals surface area contributed by atoms with E-state index in [0.29, 0.717) is 23.1 Å². The lowest BCUT2D eigenvalue weighted by Crippen LogP contribution is -2.13. The Morgan fingerprint density at radius 1 is 1.50 bits per heavy atom. The van der Waals surface area contributed by atoms with Crippen LogP contribution in [0.4, 0.5) is 0 Å². The highest BCUT2D eigenvalue weighted by Gasteiger charge is 2.10. The van der Waals surface area contributed by atoms with E-state index in [4.69, 9.17) is 21.1 Å². The van der Waals surface area contributed by atoms with Crippen molar-refractivity contribution in [1.29, 1.82) is 0 Å². The van der Waals surface area contributed by atoms with E-state index >= 15 is 0 Å². The van der Waals surface area contributed by atoms with Crippen LogP contribution in [0.2, 0.25) is 5.02 Å². The summed E-state index contributed by atoms with van der Waals surface area (Å²) in [6.07, 6.45) is 3.08. The summed E-state index contributed by atoms with van der Waals surface area (Å²) in [7, 11) is 3.10. The fraction of sp³-hybridized carbons (Fsp3) is 0.308. The maximum absolute atomic E-state index is 11.1. The minimum atomic E-state index is -0.181. The molecule has 1 amide bonds. The molecule has 0 aliphatic carbocycles. The van der Waals surface area contributed by atoms with E-state index in [2.05, 4.69) is 5.32 Å². The van der Waals surface area contributed by atoms with Gasteiger partial charge in [0.2, 0.25) is 5.91 Å². The topological polar surface area (TPSA) is 47.6 Å². The molecule has 0 unspecified atom stereocenters. The highest BCUT2D eigenvalue weighted by Crippen LogP contribution is 2.36. The van der Waals surface area contributed by atoms with Crippen LogP contribution in [0.15, 0.2) is 18.2 Å². The first-order valence-corrected chi connectivity index (χ1v) is 5.90. The molecule has 1 aromatic rings. The number of methoxy groups -OCH3 is 1. The number of ether oxygens (including phenoxy) is 2. The minimum Gasteiger partial charge on any atom is -0.491 e. The van der Waals surface area contributed by atoms with Crippen molar-refractivity contribution in [3.05, 3.63) is 28.8 Å². The minimum absolute atomic E-state index is 0.181. The van der Waals surface area contributed by atoms with Gasteiger partial charge in [0.25, 0.3) is 0 Å². The highest BCUT2D eigenvalue weighted by molar-refractivity contribution is 6.32. The van der Waals surface area contributed by atoms with Gasteiger partial charge in [-0.25, -0.2) is 0 Å². The predicted molar refractivity (Wildman–Crippen MR) is 72.3 cm³/mol. The molecular formula is C13H16ClNO3. The molecule has 0 radical (unpaired) electrons. The van der Waals surface area contributed by atoms with E-state index in [9.17, 15) is 4.79 Å². The fourth-order valence-corrected chi connectivity index (χ4v) is 1.70. The molecule has 0 aliphatic heterocycles. The van der Waals surface area contributed by atoms with Gasteiger partial charge in [0.1, 0.15) is 0 Å². The number of nitrogens with one attached hydrogen (secondary N) is 1. The summed E-state index contributed by atoms with van der Waals surface area (Å²) in [4.78, 5) is 11.1. The zero-order valence-electron chi connectivity index (χ0n) is 10.6. The van der Waals surface area contributed by atoms with E-state index in [1.165, 1.54) is 13.2 Å². The second kappa shape index (κ2) is 6.91. The van der Waals surface area contributed by atoms with Crippen LogP contribution in [0.3, 0.4) is 0 Å². The molecule has 0 bridgehead atoms. The van der Waals surface area contributed by atoms with Crippen molar-refractivity contribution >= 4 is 23.6 Å². The van der Waals surface area contributed by atoms with Crippen molar-refractivity contribution in [3.8, 4) is 11.5 Å². The first kappa shape index (κ1) is 14.4. The number of hydrogen-bond acceptors (Lipinski definition) is 3. The lowest BCUT2D eigenvalue weighted by Gasteiger charge is -2.11. The van der Waals surface area contributed by atoms with E-state index in [-0.39, 0.29) is 5.91 Å². The number of likely N-dealkylation sites (N-methyl/N-ethyl adjacent to an activating group) is 1. The van der Waals surface area contributed by atoms with Gasteiger partial charge < -0.3 is 14.8 Å². The third-order valence-electron chi connectivity index (χ3n) is 2.21. The summed E-state index contributed by atoms with van der Waals surface area (Å²) in [5, 5.41) is 2.94. The number of carbonyl (C=O) groups excluding carboxylic acids is 1. The van der Waals surface area contributed by atoms with Crippen molar-refractivity contribution in [3.63, 3.8) is 0 Å².